The number of pyridine rings is 1. The van der Waals surface area contributed by atoms with Gasteiger partial charge in [0, 0.05) is 55.0 Å². The number of hydrogen-bond acceptors (Lipinski definition) is 7. The van der Waals surface area contributed by atoms with E-state index in [2.05, 4.69) is 32.2 Å². The molecule has 8 nitrogen and oxygen atoms in total. The first-order valence-corrected chi connectivity index (χ1v) is 14.6. The van der Waals surface area contributed by atoms with Crippen LogP contribution in [0.4, 0.5) is 0 Å². The number of rotatable bonds is 7. The lowest BCUT2D eigenvalue weighted by molar-refractivity contribution is 0.200. The molecule has 0 saturated carbocycles. The predicted octanol–water partition coefficient (Wildman–Crippen LogP) is 2.58. The van der Waals surface area contributed by atoms with E-state index in [9.17, 15) is 16.8 Å². The summed E-state index contributed by atoms with van der Waals surface area (Å²) in [6.07, 6.45) is 9.10. The summed E-state index contributed by atoms with van der Waals surface area (Å²) in [6.45, 7) is 1.70. The first-order chi connectivity index (χ1) is 15.6. The zero-order valence-corrected chi connectivity index (χ0v) is 20.4. The van der Waals surface area contributed by atoms with Crippen LogP contribution in [0.15, 0.2) is 58.7 Å². The number of piperidine rings is 1. The van der Waals surface area contributed by atoms with Gasteiger partial charge < -0.3 is 0 Å². The molecule has 0 amide bonds. The molecular formula is C23H28N4O4S2. The Kier molecular flexibility index (Phi) is 6.69. The van der Waals surface area contributed by atoms with E-state index in [0.29, 0.717) is 11.5 Å². The smallest absolute Gasteiger partial charge is 0.177 e. The summed E-state index contributed by atoms with van der Waals surface area (Å²) < 4.78 is 49.2. The fourth-order valence-electron chi connectivity index (χ4n) is 4.48. The zero-order valence-electron chi connectivity index (χ0n) is 18.7. The molecule has 1 fully saturated rings. The number of aromatic nitrogens is 3. The largest absolute Gasteiger partial charge is 0.299 e. The molecule has 1 aliphatic rings. The molecule has 33 heavy (non-hydrogen) atoms. The van der Waals surface area contributed by atoms with Crippen LogP contribution < -0.4 is 0 Å². The SMILES string of the molecule is CS(=O)(=O)c1cncc(S(C)(=O)=O)c1CN1CCC(c2[nH]ncc2Cc2ccccc2)CC1. The third-order valence-corrected chi connectivity index (χ3v) is 8.45. The van der Waals surface area contributed by atoms with Crippen molar-refractivity contribution in [2.75, 3.05) is 25.6 Å². The number of hydrogen-bond donors (Lipinski definition) is 1. The van der Waals surface area contributed by atoms with Crippen molar-refractivity contribution in [3.63, 3.8) is 0 Å². The molecule has 0 aliphatic carbocycles. The maximum Gasteiger partial charge on any atom is 0.177 e. The minimum atomic E-state index is -3.62. The van der Waals surface area contributed by atoms with Gasteiger partial charge in [-0.05, 0) is 37.1 Å². The van der Waals surface area contributed by atoms with E-state index < -0.39 is 19.7 Å². The summed E-state index contributed by atoms with van der Waals surface area (Å²) in [6, 6.07) is 10.3. The Morgan fingerprint density at radius 3 is 2.12 bits per heavy atom. The van der Waals surface area contributed by atoms with E-state index >= 15 is 0 Å². The number of aromatic amines is 1. The number of likely N-dealkylation sites (tertiary alicyclic amines) is 1. The Balaban J connectivity index is 1.50. The molecule has 3 aromatic rings. The van der Waals surface area contributed by atoms with Gasteiger partial charge in [-0.15, -0.1) is 0 Å². The lowest BCUT2D eigenvalue weighted by Crippen LogP contribution is -2.33. The zero-order chi connectivity index (χ0) is 23.6. The van der Waals surface area contributed by atoms with Crippen LogP contribution in [0.1, 0.15) is 41.1 Å². The summed E-state index contributed by atoms with van der Waals surface area (Å²) in [7, 11) is -7.23. The Morgan fingerprint density at radius 1 is 0.939 bits per heavy atom. The molecule has 1 N–H and O–H groups in total. The van der Waals surface area contributed by atoms with Crippen LogP contribution in [-0.4, -0.2) is 62.5 Å². The third-order valence-electron chi connectivity index (χ3n) is 6.14. The molecule has 1 aromatic carbocycles. The van der Waals surface area contributed by atoms with Crippen LogP contribution in [0.2, 0.25) is 0 Å². The van der Waals surface area contributed by atoms with Gasteiger partial charge in [0.15, 0.2) is 19.7 Å². The van der Waals surface area contributed by atoms with E-state index in [-0.39, 0.29) is 16.3 Å². The molecule has 0 spiro atoms. The van der Waals surface area contributed by atoms with Gasteiger partial charge in [-0.1, -0.05) is 30.3 Å². The van der Waals surface area contributed by atoms with Crippen molar-refractivity contribution in [1.29, 1.82) is 0 Å². The lowest BCUT2D eigenvalue weighted by atomic mass is 9.89. The van der Waals surface area contributed by atoms with E-state index in [1.54, 1.807) is 0 Å². The standard InChI is InChI=1S/C23H28N4O4S2/c1-32(28,29)21-14-24-15-22(33(2,30)31)20(21)16-27-10-8-18(9-11-27)23-19(13-25-26-23)12-17-6-4-3-5-7-17/h3-7,13-15,18H,8-12,16H2,1-2H3,(H,25,26). The van der Waals surface area contributed by atoms with Gasteiger partial charge in [-0.25, -0.2) is 16.8 Å². The van der Waals surface area contributed by atoms with Gasteiger partial charge in [0.05, 0.1) is 16.0 Å². The molecule has 10 heteroatoms. The Labute approximate surface area is 194 Å². The van der Waals surface area contributed by atoms with Gasteiger partial charge in [-0.3, -0.25) is 15.0 Å². The second-order valence-corrected chi connectivity index (χ2v) is 12.6. The van der Waals surface area contributed by atoms with Crippen molar-refractivity contribution in [2.45, 2.75) is 41.5 Å². The first kappa shape index (κ1) is 23.6. The van der Waals surface area contributed by atoms with Crippen molar-refractivity contribution in [2.24, 2.45) is 0 Å². The monoisotopic (exact) mass is 488 g/mol. The molecule has 176 valence electrons. The molecule has 0 unspecified atom stereocenters. The maximum atomic E-state index is 12.3. The highest BCUT2D eigenvalue weighted by Crippen LogP contribution is 2.32. The lowest BCUT2D eigenvalue weighted by Gasteiger charge is -2.32. The predicted molar refractivity (Wildman–Crippen MR) is 126 cm³/mol. The van der Waals surface area contributed by atoms with Crippen molar-refractivity contribution >= 4 is 19.7 Å². The average molecular weight is 489 g/mol. The Bertz CT molecular complexity index is 1280. The maximum absolute atomic E-state index is 12.3. The summed E-state index contributed by atoms with van der Waals surface area (Å²) in [5, 5.41) is 7.46. The number of H-pyrrole nitrogens is 1. The highest BCUT2D eigenvalue weighted by Gasteiger charge is 2.28. The van der Waals surface area contributed by atoms with Crippen molar-refractivity contribution < 1.29 is 16.8 Å². The quantitative estimate of drug-likeness (QED) is 0.544. The highest BCUT2D eigenvalue weighted by atomic mass is 32.2. The van der Waals surface area contributed by atoms with Gasteiger partial charge in [-0.2, -0.15) is 5.10 Å². The fourth-order valence-corrected chi connectivity index (χ4v) is 6.29. The van der Waals surface area contributed by atoms with E-state index in [1.165, 1.54) is 23.5 Å². The summed E-state index contributed by atoms with van der Waals surface area (Å²) in [5.41, 5.74) is 3.88. The van der Waals surface area contributed by atoms with Gasteiger partial charge in [0.2, 0.25) is 0 Å². The second kappa shape index (κ2) is 9.36. The van der Waals surface area contributed by atoms with Crippen molar-refractivity contribution in [1.82, 2.24) is 20.1 Å². The molecule has 1 saturated heterocycles. The van der Waals surface area contributed by atoms with E-state index in [1.807, 2.05) is 24.4 Å². The third kappa shape index (κ3) is 5.51. The van der Waals surface area contributed by atoms with Crippen LogP contribution in [0, 0.1) is 0 Å². The molecule has 2 aromatic heterocycles. The normalized spacial score (nSPS) is 16.2. The van der Waals surface area contributed by atoms with Crippen LogP contribution in [0.5, 0.6) is 0 Å². The molecule has 0 radical (unpaired) electrons. The summed E-state index contributed by atoms with van der Waals surface area (Å²) in [4.78, 5) is 5.94. The minimum Gasteiger partial charge on any atom is -0.299 e. The fraction of sp³-hybridized carbons (Fsp3) is 0.391. The van der Waals surface area contributed by atoms with Crippen LogP contribution in [0.25, 0.3) is 0 Å². The van der Waals surface area contributed by atoms with Crippen LogP contribution in [0.3, 0.4) is 0 Å². The molecule has 0 atom stereocenters. The number of nitrogens with zero attached hydrogens (tertiary/aromatic N) is 3. The summed E-state index contributed by atoms with van der Waals surface area (Å²) >= 11 is 0. The number of sulfone groups is 2. The molecule has 3 heterocycles. The van der Waals surface area contributed by atoms with Gasteiger partial charge >= 0.3 is 0 Å². The minimum absolute atomic E-state index is 0.0220. The van der Waals surface area contributed by atoms with Crippen LogP contribution >= 0.6 is 0 Å². The average Bonchev–Trinajstić information content (AvgIpc) is 3.21. The first-order valence-electron chi connectivity index (χ1n) is 10.8. The van der Waals surface area contributed by atoms with Crippen molar-refractivity contribution in [3.05, 3.63) is 71.3 Å². The van der Waals surface area contributed by atoms with E-state index in [4.69, 9.17) is 0 Å². The van der Waals surface area contributed by atoms with E-state index in [0.717, 1.165) is 50.6 Å². The Morgan fingerprint density at radius 2 is 1.55 bits per heavy atom. The highest BCUT2D eigenvalue weighted by molar-refractivity contribution is 7.91. The molecular weight excluding hydrogens is 460 g/mol. The van der Waals surface area contributed by atoms with Crippen LogP contribution in [-0.2, 0) is 32.6 Å². The molecule has 1 aliphatic heterocycles. The second-order valence-electron chi connectivity index (χ2n) is 8.68. The summed E-state index contributed by atoms with van der Waals surface area (Å²) in [5.74, 6) is 0.323. The molecule has 0 bridgehead atoms. The van der Waals surface area contributed by atoms with Crippen molar-refractivity contribution in [3.8, 4) is 0 Å². The van der Waals surface area contributed by atoms with Gasteiger partial charge in [0.1, 0.15) is 0 Å². The number of nitrogens with one attached hydrogen (secondary N) is 1. The Hall–Kier alpha value is -2.56. The molecule has 4 rings (SSSR count). The topological polar surface area (TPSA) is 113 Å². The van der Waals surface area contributed by atoms with Gasteiger partial charge in [0.25, 0.3) is 0 Å². The number of benzene rings is 1.